The second-order valence-corrected chi connectivity index (χ2v) is 6.85. The van der Waals surface area contributed by atoms with Crippen molar-refractivity contribution in [2.75, 3.05) is 5.32 Å². The molecule has 0 unspecified atom stereocenters. The van der Waals surface area contributed by atoms with Crippen LogP contribution in [0, 0.1) is 6.92 Å². The molecule has 5 heteroatoms. The van der Waals surface area contributed by atoms with Crippen LogP contribution in [0.2, 0.25) is 0 Å². The normalized spacial score (nSPS) is 19.9. The van der Waals surface area contributed by atoms with E-state index in [0.29, 0.717) is 0 Å². The minimum Gasteiger partial charge on any atom is -0.348 e. The van der Waals surface area contributed by atoms with Crippen LogP contribution in [0.15, 0.2) is 59.3 Å². The molecule has 4 rings (SSSR count). The van der Waals surface area contributed by atoms with Gasteiger partial charge in [-0.25, -0.2) is 4.68 Å². The molecular formula is C18H17BrN4. The van der Waals surface area contributed by atoms with Crippen molar-refractivity contribution in [1.29, 1.82) is 0 Å². The monoisotopic (exact) mass is 368 g/mol. The second-order valence-electron chi connectivity index (χ2n) is 5.94. The van der Waals surface area contributed by atoms with E-state index in [1.54, 1.807) is 6.33 Å². The van der Waals surface area contributed by atoms with E-state index in [1.165, 1.54) is 16.7 Å². The molecule has 4 nitrogen and oxygen atoms in total. The van der Waals surface area contributed by atoms with Gasteiger partial charge >= 0.3 is 0 Å². The number of hydrogen-bond acceptors (Lipinski definition) is 3. The third kappa shape index (κ3) is 2.77. The van der Waals surface area contributed by atoms with E-state index in [-0.39, 0.29) is 12.1 Å². The number of nitrogens with one attached hydrogen (secondary N) is 1. The van der Waals surface area contributed by atoms with E-state index in [9.17, 15) is 0 Å². The Hall–Kier alpha value is -2.14. The quantitative estimate of drug-likeness (QED) is 0.724. The molecular weight excluding hydrogens is 352 g/mol. The van der Waals surface area contributed by atoms with Crippen LogP contribution in [0.1, 0.15) is 35.2 Å². The first-order valence-electron chi connectivity index (χ1n) is 7.69. The Morgan fingerprint density at radius 3 is 2.48 bits per heavy atom. The van der Waals surface area contributed by atoms with Gasteiger partial charge in [-0.15, -0.1) is 0 Å². The fraction of sp³-hybridized carbons (Fsp3) is 0.222. The van der Waals surface area contributed by atoms with Gasteiger partial charge in [0.1, 0.15) is 6.33 Å². The van der Waals surface area contributed by atoms with E-state index in [4.69, 9.17) is 0 Å². The zero-order valence-corrected chi connectivity index (χ0v) is 14.4. The van der Waals surface area contributed by atoms with Crippen molar-refractivity contribution in [3.63, 3.8) is 0 Å². The van der Waals surface area contributed by atoms with Gasteiger partial charge in [0.15, 0.2) is 0 Å². The number of halogens is 1. The molecule has 3 aromatic rings. The molecule has 1 aliphatic heterocycles. The summed E-state index contributed by atoms with van der Waals surface area (Å²) in [5, 5.41) is 7.91. The van der Waals surface area contributed by atoms with Crippen molar-refractivity contribution >= 4 is 21.9 Å². The summed E-state index contributed by atoms with van der Waals surface area (Å²) in [6, 6.07) is 17.6. The molecule has 1 aromatic heterocycles. The first kappa shape index (κ1) is 14.5. The number of rotatable bonds is 2. The third-order valence-electron chi connectivity index (χ3n) is 4.37. The predicted octanol–water partition coefficient (Wildman–Crippen LogP) is 4.50. The predicted molar refractivity (Wildman–Crippen MR) is 94.5 cm³/mol. The summed E-state index contributed by atoms with van der Waals surface area (Å²) in [6.07, 6.45) is 2.56. The summed E-state index contributed by atoms with van der Waals surface area (Å²) in [5.74, 6) is 0.828. The maximum absolute atomic E-state index is 4.41. The van der Waals surface area contributed by atoms with Gasteiger partial charge in [-0.05, 0) is 36.6 Å². The number of aryl methyl sites for hydroxylation is 1. The largest absolute Gasteiger partial charge is 0.348 e. The number of benzene rings is 2. The minimum absolute atomic E-state index is 0.197. The Morgan fingerprint density at radius 1 is 1.04 bits per heavy atom. The molecule has 1 aliphatic rings. The molecule has 2 aromatic carbocycles. The Morgan fingerprint density at radius 2 is 1.74 bits per heavy atom. The van der Waals surface area contributed by atoms with E-state index < -0.39 is 0 Å². The molecule has 2 atom stereocenters. The van der Waals surface area contributed by atoms with Crippen molar-refractivity contribution in [2.45, 2.75) is 25.4 Å². The zero-order chi connectivity index (χ0) is 15.8. The highest BCUT2D eigenvalue weighted by atomic mass is 79.9. The summed E-state index contributed by atoms with van der Waals surface area (Å²) < 4.78 is 3.08. The lowest BCUT2D eigenvalue weighted by Gasteiger charge is -2.32. The van der Waals surface area contributed by atoms with E-state index in [1.807, 2.05) is 4.68 Å². The summed E-state index contributed by atoms with van der Waals surface area (Å²) in [5.41, 5.74) is 3.80. The molecule has 0 aliphatic carbocycles. The van der Waals surface area contributed by atoms with Crippen molar-refractivity contribution < 1.29 is 0 Å². The summed E-state index contributed by atoms with van der Waals surface area (Å²) in [4.78, 5) is 4.37. The number of anilines is 1. The fourth-order valence-corrected chi connectivity index (χ4v) is 3.36. The van der Waals surface area contributed by atoms with Gasteiger partial charge in [0, 0.05) is 4.47 Å². The number of fused-ring (bicyclic) bond motifs is 1. The van der Waals surface area contributed by atoms with Gasteiger partial charge in [0.05, 0.1) is 12.1 Å². The highest BCUT2D eigenvalue weighted by Crippen LogP contribution is 2.37. The molecule has 0 bridgehead atoms. The third-order valence-corrected chi connectivity index (χ3v) is 4.89. The maximum Gasteiger partial charge on any atom is 0.222 e. The summed E-state index contributed by atoms with van der Waals surface area (Å²) >= 11 is 3.50. The van der Waals surface area contributed by atoms with Crippen LogP contribution >= 0.6 is 15.9 Å². The van der Waals surface area contributed by atoms with Gasteiger partial charge in [-0.3, -0.25) is 0 Å². The topological polar surface area (TPSA) is 42.7 Å². The average molecular weight is 369 g/mol. The van der Waals surface area contributed by atoms with Crippen molar-refractivity contribution in [3.05, 3.63) is 76.0 Å². The molecule has 2 heterocycles. The lowest BCUT2D eigenvalue weighted by atomic mass is 9.93. The smallest absolute Gasteiger partial charge is 0.222 e. The Kier molecular flexibility index (Phi) is 3.65. The molecule has 116 valence electrons. The maximum atomic E-state index is 4.41. The Labute approximate surface area is 143 Å². The molecule has 0 amide bonds. The van der Waals surface area contributed by atoms with Crippen LogP contribution in [-0.2, 0) is 0 Å². The van der Waals surface area contributed by atoms with Gasteiger partial charge in [0.25, 0.3) is 0 Å². The van der Waals surface area contributed by atoms with Crippen LogP contribution in [0.25, 0.3) is 0 Å². The summed E-state index contributed by atoms with van der Waals surface area (Å²) in [6.45, 7) is 2.11. The molecule has 1 N–H and O–H groups in total. The lowest BCUT2D eigenvalue weighted by molar-refractivity contribution is 0.431. The van der Waals surface area contributed by atoms with Gasteiger partial charge in [0.2, 0.25) is 5.95 Å². The summed E-state index contributed by atoms with van der Waals surface area (Å²) in [7, 11) is 0. The van der Waals surface area contributed by atoms with Gasteiger partial charge in [-0.2, -0.15) is 10.1 Å². The van der Waals surface area contributed by atoms with Gasteiger partial charge in [-0.1, -0.05) is 57.9 Å². The standard InChI is InChI=1S/C18H17BrN4/c1-12-2-4-14(5-3-12)17-10-16(13-6-8-15(19)9-7-13)22-18-20-11-21-23(17)18/h2-9,11,16-17H,10H2,1H3,(H,20,21,22)/t16-,17-/m0/s1. The lowest BCUT2D eigenvalue weighted by Crippen LogP contribution is -2.28. The first-order valence-corrected chi connectivity index (χ1v) is 8.48. The van der Waals surface area contributed by atoms with Crippen molar-refractivity contribution in [3.8, 4) is 0 Å². The first-order chi connectivity index (χ1) is 11.2. The van der Waals surface area contributed by atoms with Crippen LogP contribution in [-0.4, -0.2) is 14.8 Å². The molecule has 0 spiro atoms. The van der Waals surface area contributed by atoms with Crippen LogP contribution in [0.5, 0.6) is 0 Å². The average Bonchev–Trinajstić information content (AvgIpc) is 3.04. The van der Waals surface area contributed by atoms with Crippen LogP contribution in [0.3, 0.4) is 0 Å². The van der Waals surface area contributed by atoms with E-state index >= 15 is 0 Å². The zero-order valence-electron chi connectivity index (χ0n) is 12.8. The van der Waals surface area contributed by atoms with Crippen molar-refractivity contribution in [1.82, 2.24) is 14.8 Å². The van der Waals surface area contributed by atoms with E-state index in [2.05, 4.69) is 86.8 Å². The van der Waals surface area contributed by atoms with Crippen molar-refractivity contribution in [2.24, 2.45) is 0 Å². The SMILES string of the molecule is Cc1ccc([C@@H]2C[C@@H](c3ccc(Br)cc3)Nc3ncnn32)cc1. The second kappa shape index (κ2) is 5.81. The molecule has 0 saturated heterocycles. The molecule has 23 heavy (non-hydrogen) atoms. The minimum atomic E-state index is 0.197. The Bertz CT molecular complexity index is 808. The van der Waals surface area contributed by atoms with Gasteiger partial charge < -0.3 is 5.32 Å². The number of nitrogens with zero attached hydrogens (tertiary/aromatic N) is 3. The van der Waals surface area contributed by atoms with Crippen LogP contribution in [0.4, 0.5) is 5.95 Å². The molecule has 0 fully saturated rings. The molecule has 0 radical (unpaired) electrons. The molecule has 0 saturated carbocycles. The number of hydrogen-bond donors (Lipinski definition) is 1. The highest BCUT2D eigenvalue weighted by molar-refractivity contribution is 9.10. The highest BCUT2D eigenvalue weighted by Gasteiger charge is 2.29. The number of aromatic nitrogens is 3. The fourth-order valence-electron chi connectivity index (χ4n) is 3.10. The Balaban J connectivity index is 1.71. The van der Waals surface area contributed by atoms with Crippen LogP contribution < -0.4 is 5.32 Å². The van der Waals surface area contributed by atoms with E-state index in [0.717, 1.165) is 16.8 Å².